The van der Waals surface area contributed by atoms with Crippen LogP contribution < -0.4 is 5.73 Å². The van der Waals surface area contributed by atoms with Gasteiger partial charge in [0.2, 0.25) is 0 Å². The van der Waals surface area contributed by atoms with E-state index in [2.05, 4.69) is 0 Å². The Bertz CT molecular complexity index is 730. The summed E-state index contributed by atoms with van der Waals surface area (Å²) in [5, 5.41) is 1.06. The highest BCUT2D eigenvalue weighted by Crippen LogP contribution is 2.27. The van der Waals surface area contributed by atoms with Crippen molar-refractivity contribution in [3.8, 4) is 0 Å². The Balaban J connectivity index is 1.86. The minimum atomic E-state index is -0.235. The maximum Gasteiger partial charge on any atom is 0.137 e. The van der Waals surface area contributed by atoms with Gasteiger partial charge in [0.05, 0.1) is 6.04 Å². The Hall–Kier alpha value is -2.13. The van der Waals surface area contributed by atoms with Gasteiger partial charge < -0.3 is 10.2 Å². The van der Waals surface area contributed by atoms with Crippen LogP contribution >= 0.6 is 0 Å². The monoisotopic (exact) mass is 269 g/mol. The first-order valence-corrected chi connectivity index (χ1v) is 6.62. The molecular weight excluding hydrogens is 253 g/mol. The average Bonchev–Trinajstić information content (AvgIpc) is 2.87. The molecule has 20 heavy (non-hydrogen) atoms. The molecule has 0 spiro atoms. The van der Waals surface area contributed by atoms with Gasteiger partial charge >= 0.3 is 0 Å². The zero-order chi connectivity index (χ0) is 14.1. The minimum absolute atomic E-state index is 0.229. The van der Waals surface area contributed by atoms with Crippen molar-refractivity contribution in [3.05, 3.63) is 71.2 Å². The zero-order valence-corrected chi connectivity index (χ0v) is 11.3. The third kappa shape index (κ3) is 2.45. The number of halogens is 1. The van der Waals surface area contributed by atoms with E-state index in [4.69, 9.17) is 10.2 Å². The molecule has 2 aromatic carbocycles. The Labute approximate surface area is 117 Å². The first kappa shape index (κ1) is 12.9. The molecule has 0 bridgehead atoms. The lowest BCUT2D eigenvalue weighted by molar-refractivity contribution is 0.492. The Morgan fingerprint density at radius 3 is 2.60 bits per heavy atom. The smallest absolute Gasteiger partial charge is 0.137 e. The lowest BCUT2D eigenvalue weighted by atomic mass is 10.0. The van der Waals surface area contributed by atoms with Crippen molar-refractivity contribution in [2.45, 2.75) is 19.4 Å². The summed E-state index contributed by atoms with van der Waals surface area (Å²) in [5.41, 5.74) is 9.17. The van der Waals surface area contributed by atoms with Gasteiger partial charge in [-0.05, 0) is 42.7 Å². The summed E-state index contributed by atoms with van der Waals surface area (Å²) in [4.78, 5) is 0. The number of aryl methyl sites for hydroxylation is 1. The number of rotatable bonds is 3. The van der Waals surface area contributed by atoms with Crippen LogP contribution in [0.5, 0.6) is 0 Å². The number of para-hydroxylation sites is 1. The summed E-state index contributed by atoms with van der Waals surface area (Å²) in [6.07, 6.45) is 0.624. The topological polar surface area (TPSA) is 39.2 Å². The predicted octanol–water partition coefficient (Wildman–Crippen LogP) is 4.12. The maximum absolute atomic E-state index is 12.9. The lowest BCUT2D eigenvalue weighted by Gasteiger charge is -2.08. The highest BCUT2D eigenvalue weighted by Gasteiger charge is 2.13. The largest absolute Gasteiger partial charge is 0.459 e. The van der Waals surface area contributed by atoms with Crippen molar-refractivity contribution in [1.82, 2.24) is 0 Å². The molecule has 2 N–H and O–H groups in total. The van der Waals surface area contributed by atoms with Crippen molar-refractivity contribution in [3.63, 3.8) is 0 Å². The molecule has 3 heteroatoms. The fourth-order valence-corrected chi connectivity index (χ4v) is 2.39. The fraction of sp³-hybridized carbons (Fsp3) is 0.176. The number of benzene rings is 2. The molecule has 0 radical (unpaired) electrons. The number of hydrogen-bond donors (Lipinski definition) is 1. The summed E-state index contributed by atoms with van der Waals surface area (Å²) >= 11 is 0. The van der Waals surface area contributed by atoms with Crippen LogP contribution in [0.1, 0.15) is 22.9 Å². The van der Waals surface area contributed by atoms with E-state index in [0.29, 0.717) is 6.42 Å². The van der Waals surface area contributed by atoms with Crippen molar-refractivity contribution in [2.75, 3.05) is 0 Å². The van der Waals surface area contributed by atoms with E-state index in [0.717, 1.165) is 27.9 Å². The summed E-state index contributed by atoms with van der Waals surface area (Å²) in [6.45, 7) is 2.01. The molecular formula is C17H16FNO. The Morgan fingerprint density at radius 2 is 1.90 bits per heavy atom. The standard InChI is InChI=1S/C17H16FNO/c1-11-3-2-4-13-10-16(20-17(11)13)15(19)9-12-5-7-14(18)8-6-12/h2-8,10,15H,9,19H2,1H3. The first-order valence-electron chi connectivity index (χ1n) is 6.62. The number of nitrogens with two attached hydrogens (primary N) is 1. The maximum atomic E-state index is 12.9. The van der Waals surface area contributed by atoms with Crippen LogP contribution in [0.25, 0.3) is 11.0 Å². The molecule has 1 aromatic heterocycles. The van der Waals surface area contributed by atoms with Gasteiger partial charge in [-0.2, -0.15) is 0 Å². The predicted molar refractivity (Wildman–Crippen MR) is 78.0 cm³/mol. The van der Waals surface area contributed by atoms with Gasteiger partial charge in [0.1, 0.15) is 17.2 Å². The molecule has 0 aliphatic rings. The fourth-order valence-electron chi connectivity index (χ4n) is 2.39. The second-order valence-electron chi connectivity index (χ2n) is 5.08. The molecule has 2 nitrogen and oxygen atoms in total. The van der Waals surface area contributed by atoms with Crippen LogP contribution in [0, 0.1) is 12.7 Å². The van der Waals surface area contributed by atoms with Crippen LogP contribution in [0.15, 0.2) is 52.9 Å². The SMILES string of the molecule is Cc1cccc2cc(C(N)Cc3ccc(F)cc3)oc12. The highest BCUT2D eigenvalue weighted by molar-refractivity contribution is 5.81. The van der Waals surface area contributed by atoms with Crippen LogP contribution in [-0.2, 0) is 6.42 Å². The van der Waals surface area contributed by atoms with Gasteiger partial charge in [-0.3, -0.25) is 0 Å². The van der Waals surface area contributed by atoms with Crippen LogP contribution in [0.4, 0.5) is 4.39 Å². The quantitative estimate of drug-likeness (QED) is 0.776. The van der Waals surface area contributed by atoms with E-state index in [1.807, 2.05) is 31.2 Å². The van der Waals surface area contributed by atoms with Gasteiger partial charge in [0.25, 0.3) is 0 Å². The highest BCUT2D eigenvalue weighted by atomic mass is 19.1. The number of hydrogen-bond acceptors (Lipinski definition) is 2. The summed E-state index contributed by atoms with van der Waals surface area (Å²) in [6, 6.07) is 14.2. The average molecular weight is 269 g/mol. The summed E-state index contributed by atoms with van der Waals surface area (Å²) < 4.78 is 18.7. The van der Waals surface area contributed by atoms with E-state index >= 15 is 0 Å². The van der Waals surface area contributed by atoms with Gasteiger partial charge in [0.15, 0.2) is 0 Å². The molecule has 1 unspecified atom stereocenters. The molecule has 1 atom stereocenters. The normalized spacial score (nSPS) is 12.8. The Kier molecular flexibility index (Phi) is 3.28. The zero-order valence-electron chi connectivity index (χ0n) is 11.3. The molecule has 0 aliphatic heterocycles. The second kappa shape index (κ2) is 5.10. The first-order chi connectivity index (χ1) is 9.63. The molecule has 0 fully saturated rings. The molecule has 102 valence electrons. The third-order valence-corrected chi connectivity index (χ3v) is 3.49. The van der Waals surface area contributed by atoms with Crippen LogP contribution in [-0.4, -0.2) is 0 Å². The summed E-state index contributed by atoms with van der Waals surface area (Å²) in [5.74, 6) is 0.528. The van der Waals surface area contributed by atoms with Gasteiger partial charge in [-0.1, -0.05) is 30.3 Å². The number of fused-ring (bicyclic) bond motifs is 1. The van der Waals surface area contributed by atoms with Crippen LogP contribution in [0.2, 0.25) is 0 Å². The minimum Gasteiger partial charge on any atom is -0.459 e. The van der Waals surface area contributed by atoms with Gasteiger partial charge in [-0.15, -0.1) is 0 Å². The third-order valence-electron chi connectivity index (χ3n) is 3.49. The molecule has 3 aromatic rings. The van der Waals surface area contributed by atoms with Crippen molar-refractivity contribution < 1.29 is 8.81 Å². The van der Waals surface area contributed by atoms with E-state index in [-0.39, 0.29) is 11.9 Å². The molecule has 0 aliphatic carbocycles. The van der Waals surface area contributed by atoms with Crippen molar-refractivity contribution in [2.24, 2.45) is 5.73 Å². The van der Waals surface area contributed by atoms with Crippen molar-refractivity contribution >= 4 is 11.0 Å². The van der Waals surface area contributed by atoms with E-state index in [1.54, 1.807) is 12.1 Å². The molecule has 0 saturated carbocycles. The second-order valence-corrected chi connectivity index (χ2v) is 5.08. The number of furan rings is 1. The molecule has 0 saturated heterocycles. The Morgan fingerprint density at radius 1 is 1.15 bits per heavy atom. The molecule has 1 heterocycles. The van der Waals surface area contributed by atoms with Crippen molar-refractivity contribution in [1.29, 1.82) is 0 Å². The lowest BCUT2D eigenvalue weighted by Crippen LogP contribution is -2.12. The molecule has 0 amide bonds. The van der Waals surface area contributed by atoms with E-state index < -0.39 is 0 Å². The van der Waals surface area contributed by atoms with Crippen LogP contribution in [0.3, 0.4) is 0 Å². The van der Waals surface area contributed by atoms with Gasteiger partial charge in [-0.25, -0.2) is 4.39 Å². The molecule has 3 rings (SSSR count). The van der Waals surface area contributed by atoms with Gasteiger partial charge in [0, 0.05) is 5.39 Å². The summed E-state index contributed by atoms with van der Waals surface area (Å²) in [7, 11) is 0. The van der Waals surface area contributed by atoms with E-state index in [1.165, 1.54) is 12.1 Å². The van der Waals surface area contributed by atoms with E-state index in [9.17, 15) is 4.39 Å².